The molecule has 0 aliphatic carbocycles. The smallest absolute Gasteiger partial charge is 0.307 e. The summed E-state index contributed by atoms with van der Waals surface area (Å²) in [6.45, 7) is 0.00321. The molecule has 0 aromatic heterocycles. The molecular weight excluding hydrogens is 254 g/mol. The van der Waals surface area contributed by atoms with E-state index in [2.05, 4.69) is 0 Å². The van der Waals surface area contributed by atoms with Crippen LogP contribution in [0.25, 0.3) is 11.1 Å². The van der Waals surface area contributed by atoms with Gasteiger partial charge in [-0.05, 0) is 16.7 Å². The van der Waals surface area contributed by atoms with Gasteiger partial charge in [0.05, 0.1) is 13.0 Å². The number of aliphatic carboxylic acids is 1. The molecule has 20 heavy (non-hydrogen) atoms. The number of hydrogen-bond acceptors (Lipinski definition) is 3. The maximum atomic E-state index is 11.4. The summed E-state index contributed by atoms with van der Waals surface area (Å²) < 4.78 is 0. The SMILES string of the molecule is NCC(=O)c1ccc(-c2ccc(CC(=O)O)cc2)cc1. The van der Waals surface area contributed by atoms with Crippen molar-refractivity contribution in [3.8, 4) is 11.1 Å². The topological polar surface area (TPSA) is 80.4 Å². The lowest BCUT2D eigenvalue weighted by Gasteiger charge is -2.04. The van der Waals surface area contributed by atoms with Crippen molar-refractivity contribution in [3.63, 3.8) is 0 Å². The van der Waals surface area contributed by atoms with Crippen LogP contribution in [0.15, 0.2) is 48.5 Å². The highest BCUT2D eigenvalue weighted by atomic mass is 16.4. The summed E-state index contributed by atoms with van der Waals surface area (Å²) in [5.41, 5.74) is 8.62. The predicted octanol–water partition coefficient (Wildman–Crippen LogP) is 2.12. The van der Waals surface area contributed by atoms with Gasteiger partial charge < -0.3 is 10.8 Å². The lowest BCUT2D eigenvalue weighted by atomic mass is 10.0. The van der Waals surface area contributed by atoms with Crippen molar-refractivity contribution < 1.29 is 14.7 Å². The zero-order valence-corrected chi connectivity index (χ0v) is 10.9. The van der Waals surface area contributed by atoms with Crippen molar-refractivity contribution in [2.75, 3.05) is 6.54 Å². The predicted molar refractivity (Wildman–Crippen MR) is 76.6 cm³/mol. The van der Waals surface area contributed by atoms with Gasteiger partial charge in [0.25, 0.3) is 0 Å². The summed E-state index contributed by atoms with van der Waals surface area (Å²) in [4.78, 5) is 22.0. The van der Waals surface area contributed by atoms with E-state index in [4.69, 9.17) is 10.8 Å². The number of carboxylic acids is 1. The van der Waals surface area contributed by atoms with E-state index in [9.17, 15) is 9.59 Å². The van der Waals surface area contributed by atoms with Crippen LogP contribution in [0.1, 0.15) is 15.9 Å². The summed E-state index contributed by atoms with van der Waals surface area (Å²) in [6, 6.07) is 14.5. The van der Waals surface area contributed by atoms with Crippen molar-refractivity contribution in [1.82, 2.24) is 0 Å². The Morgan fingerprint density at radius 1 is 0.900 bits per heavy atom. The lowest BCUT2D eigenvalue weighted by Crippen LogP contribution is -2.13. The maximum absolute atomic E-state index is 11.4. The molecular formula is C16H15NO3. The monoisotopic (exact) mass is 269 g/mol. The van der Waals surface area contributed by atoms with Crippen LogP contribution < -0.4 is 5.73 Å². The lowest BCUT2D eigenvalue weighted by molar-refractivity contribution is -0.136. The number of rotatable bonds is 5. The van der Waals surface area contributed by atoms with Crippen LogP contribution in [-0.4, -0.2) is 23.4 Å². The average Bonchev–Trinajstić information content (AvgIpc) is 2.47. The Morgan fingerprint density at radius 3 is 1.85 bits per heavy atom. The van der Waals surface area contributed by atoms with Crippen LogP contribution in [0.2, 0.25) is 0 Å². The normalized spacial score (nSPS) is 10.2. The molecule has 2 aromatic rings. The summed E-state index contributed by atoms with van der Waals surface area (Å²) in [6.07, 6.45) is 0.0181. The molecule has 0 fully saturated rings. The highest BCUT2D eigenvalue weighted by Crippen LogP contribution is 2.20. The number of nitrogens with two attached hydrogens (primary N) is 1. The second-order valence-electron chi connectivity index (χ2n) is 4.47. The Balaban J connectivity index is 2.19. The van der Waals surface area contributed by atoms with E-state index in [1.807, 2.05) is 24.3 Å². The molecule has 0 saturated heterocycles. The van der Waals surface area contributed by atoms with E-state index in [1.165, 1.54) is 0 Å². The van der Waals surface area contributed by atoms with E-state index < -0.39 is 5.97 Å². The van der Waals surface area contributed by atoms with Crippen LogP contribution in [0.4, 0.5) is 0 Å². The van der Waals surface area contributed by atoms with Gasteiger partial charge in [-0.2, -0.15) is 0 Å². The van der Waals surface area contributed by atoms with Gasteiger partial charge in [-0.25, -0.2) is 0 Å². The minimum Gasteiger partial charge on any atom is -0.481 e. The van der Waals surface area contributed by atoms with Crippen LogP contribution >= 0.6 is 0 Å². The molecule has 0 unspecified atom stereocenters. The zero-order valence-electron chi connectivity index (χ0n) is 10.9. The van der Waals surface area contributed by atoms with Crippen molar-refractivity contribution in [3.05, 3.63) is 59.7 Å². The van der Waals surface area contributed by atoms with Gasteiger partial charge in [0.15, 0.2) is 5.78 Å². The zero-order chi connectivity index (χ0) is 14.5. The number of carbonyl (C=O) groups excluding carboxylic acids is 1. The minimum atomic E-state index is -0.845. The molecule has 3 N–H and O–H groups in total. The molecule has 0 saturated carbocycles. The second kappa shape index (κ2) is 6.12. The average molecular weight is 269 g/mol. The van der Waals surface area contributed by atoms with Crippen LogP contribution in [0.3, 0.4) is 0 Å². The van der Waals surface area contributed by atoms with Crippen LogP contribution in [-0.2, 0) is 11.2 Å². The fourth-order valence-corrected chi connectivity index (χ4v) is 1.96. The Labute approximate surface area is 116 Å². The maximum Gasteiger partial charge on any atom is 0.307 e. The van der Waals surface area contributed by atoms with E-state index in [-0.39, 0.29) is 18.7 Å². The van der Waals surface area contributed by atoms with Crippen molar-refractivity contribution in [2.45, 2.75) is 6.42 Å². The summed E-state index contributed by atoms with van der Waals surface area (Å²) in [5, 5.41) is 8.72. The number of carboxylic acid groups (broad SMARTS) is 1. The fourth-order valence-electron chi connectivity index (χ4n) is 1.96. The van der Waals surface area contributed by atoms with Gasteiger partial charge in [-0.3, -0.25) is 9.59 Å². The van der Waals surface area contributed by atoms with E-state index in [0.717, 1.165) is 16.7 Å². The van der Waals surface area contributed by atoms with Crippen molar-refractivity contribution in [1.29, 1.82) is 0 Å². The van der Waals surface area contributed by atoms with Gasteiger partial charge in [0.1, 0.15) is 0 Å². The largest absolute Gasteiger partial charge is 0.481 e. The Bertz CT molecular complexity index is 615. The number of hydrogen-bond donors (Lipinski definition) is 2. The standard InChI is InChI=1S/C16H15NO3/c17-10-15(18)14-7-5-13(6-8-14)12-3-1-11(2-4-12)9-16(19)20/h1-8H,9-10,17H2,(H,19,20). The molecule has 0 spiro atoms. The number of carbonyl (C=O) groups is 2. The molecule has 102 valence electrons. The minimum absolute atomic E-state index is 0.00321. The number of Topliss-reactive ketones (excluding diaryl/α,β-unsaturated/α-hetero) is 1. The number of benzene rings is 2. The molecule has 0 aliphatic rings. The van der Waals surface area contributed by atoms with Gasteiger partial charge in [0.2, 0.25) is 0 Å². The van der Waals surface area contributed by atoms with Crippen LogP contribution in [0.5, 0.6) is 0 Å². The molecule has 4 heteroatoms. The molecule has 0 radical (unpaired) electrons. The van der Waals surface area contributed by atoms with Crippen molar-refractivity contribution >= 4 is 11.8 Å². The van der Waals surface area contributed by atoms with Gasteiger partial charge in [0, 0.05) is 5.56 Å². The summed E-state index contributed by atoms with van der Waals surface area (Å²) in [7, 11) is 0. The molecule has 2 rings (SSSR count). The van der Waals surface area contributed by atoms with Gasteiger partial charge in [-0.15, -0.1) is 0 Å². The van der Waals surface area contributed by atoms with Gasteiger partial charge in [-0.1, -0.05) is 48.5 Å². The first kappa shape index (κ1) is 14.0. The first-order valence-corrected chi connectivity index (χ1v) is 6.24. The molecule has 0 aliphatic heterocycles. The highest BCUT2D eigenvalue weighted by Gasteiger charge is 2.05. The first-order chi connectivity index (χ1) is 9.60. The Morgan fingerprint density at radius 2 is 1.40 bits per heavy atom. The summed E-state index contributed by atoms with van der Waals surface area (Å²) >= 11 is 0. The quantitative estimate of drug-likeness (QED) is 0.815. The summed E-state index contributed by atoms with van der Waals surface area (Å²) in [5.74, 6) is -0.934. The third kappa shape index (κ3) is 3.30. The molecule has 0 atom stereocenters. The third-order valence-corrected chi connectivity index (χ3v) is 3.03. The molecule has 0 amide bonds. The van der Waals surface area contributed by atoms with Gasteiger partial charge >= 0.3 is 5.97 Å². The molecule has 0 heterocycles. The fraction of sp³-hybridized carbons (Fsp3) is 0.125. The highest BCUT2D eigenvalue weighted by molar-refractivity contribution is 5.97. The van der Waals surface area contributed by atoms with E-state index >= 15 is 0 Å². The number of ketones is 1. The molecule has 4 nitrogen and oxygen atoms in total. The first-order valence-electron chi connectivity index (χ1n) is 6.24. The van der Waals surface area contributed by atoms with Crippen LogP contribution in [0, 0.1) is 0 Å². The Hall–Kier alpha value is -2.46. The van der Waals surface area contributed by atoms with E-state index in [1.54, 1.807) is 24.3 Å². The second-order valence-corrected chi connectivity index (χ2v) is 4.47. The Kier molecular flexibility index (Phi) is 4.27. The van der Waals surface area contributed by atoms with Crippen molar-refractivity contribution in [2.24, 2.45) is 5.73 Å². The third-order valence-electron chi connectivity index (χ3n) is 3.03. The molecule has 2 aromatic carbocycles. The molecule has 0 bridgehead atoms. The van der Waals surface area contributed by atoms with E-state index in [0.29, 0.717) is 5.56 Å².